The van der Waals surface area contributed by atoms with E-state index in [0.717, 1.165) is 49.8 Å². The third kappa shape index (κ3) is 6.98. The summed E-state index contributed by atoms with van der Waals surface area (Å²) in [6.45, 7) is 5.52. The first-order chi connectivity index (χ1) is 15.6. The predicted octanol–water partition coefficient (Wildman–Crippen LogP) is 2.94. The zero-order chi connectivity index (χ0) is 22.8. The largest absolute Gasteiger partial charge is 0.375 e. The molecule has 8 nitrogen and oxygen atoms in total. The van der Waals surface area contributed by atoms with Crippen LogP contribution in [0, 0.1) is 0 Å². The Labute approximate surface area is 194 Å². The number of aromatic nitrogens is 3. The van der Waals surface area contributed by atoms with Crippen LogP contribution in [0.1, 0.15) is 44.9 Å². The number of nitrogens with zero attached hydrogens (tertiary/aromatic N) is 5. The minimum Gasteiger partial charge on any atom is -0.375 e. The third-order valence-electron chi connectivity index (χ3n) is 5.64. The van der Waals surface area contributed by atoms with Crippen LogP contribution in [0.5, 0.6) is 0 Å². The van der Waals surface area contributed by atoms with Crippen molar-refractivity contribution in [1.82, 2.24) is 25.0 Å². The normalized spacial score (nSPS) is 14.3. The Morgan fingerprint density at radius 3 is 2.78 bits per heavy atom. The van der Waals surface area contributed by atoms with Crippen LogP contribution in [0.4, 0.5) is 5.69 Å². The van der Waals surface area contributed by atoms with Gasteiger partial charge in [0.2, 0.25) is 11.8 Å². The maximum atomic E-state index is 12.3. The summed E-state index contributed by atoms with van der Waals surface area (Å²) in [6.07, 6.45) is 4.59. The average molecular weight is 459 g/mol. The standard InChI is InChI=1S/C23H34N6O2S/c1-3-29-20(17-28-16-9-5-8-13-22(28)31)25-26-23(29)32-18-21(30)24-14-10-15-27(2)19-11-6-4-7-12-19/h4,6-7,11-12H,3,5,8-10,13-18H2,1-2H3,(H,24,30). The zero-order valence-electron chi connectivity index (χ0n) is 19.1. The minimum absolute atomic E-state index is 0.00716. The molecule has 174 valence electrons. The van der Waals surface area contributed by atoms with Crippen LogP contribution in [0.3, 0.4) is 0 Å². The highest BCUT2D eigenvalue weighted by molar-refractivity contribution is 7.99. The highest BCUT2D eigenvalue weighted by Crippen LogP contribution is 2.19. The van der Waals surface area contributed by atoms with E-state index in [4.69, 9.17) is 0 Å². The lowest BCUT2D eigenvalue weighted by molar-refractivity contribution is -0.131. The molecule has 9 heteroatoms. The summed E-state index contributed by atoms with van der Waals surface area (Å²) in [7, 11) is 2.06. The van der Waals surface area contributed by atoms with Crippen LogP contribution in [0.25, 0.3) is 0 Å². The molecule has 1 saturated heterocycles. The molecule has 0 radical (unpaired) electrons. The first-order valence-electron chi connectivity index (χ1n) is 11.4. The maximum Gasteiger partial charge on any atom is 0.230 e. The molecule has 0 aliphatic carbocycles. The molecule has 1 N–H and O–H groups in total. The Balaban J connectivity index is 1.42. The number of amides is 2. The van der Waals surface area contributed by atoms with Gasteiger partial charge in [0.1, 0.15) is 0 Å². The van der Waals surface area contributed by atoms with Gasteiger partial charge in [-0.25, -0.2) is 0 Å². The maximum absolute atomic E-state index is 12.3. The Bertz CT molecular complexity index is 873. The Morgan fingerprint density at radius 2 is 2.00 bits per heavy atom. The van der Waals surface area contributed by atoms with Crippen LogP contribution in [0.15, 0.2) is 35.5 Å². The zero-order valence-corrected chi connectivity index (χ0v) is 19.9. The van der Waals surface area contributed by atoms with Crippen molar-refractivity contribution in [2.45, 2.75) is 57.3 Å². The van der Waals surface area contributed by atoms with E-state index in [2.05, 4.69) is 39.6 Å². The second-order valence-electron chi connectivity index (χ2n) is 8.02. The molecule has 1 aliphatic rings. The van der Waals surface area contributed by atoms with Crippen LogP contribution < -0.4 is 10.2 Å². The second kappa shape index (κ2) is 12.5. The Kier molecular flexibility index (Phi) is 9.40. The van der Waals surface area contributed by atoms with E-state index < -0.39 is 0 Å². The van der Waals surface area contributed by atoms with E-state index in [0.29, 0.717) is 31.8 Å². The summed E-state index contributed by atoms with van der Waals surface area (Å²) in [5.74, 6) is 1.27. The van der Waals surface area contributed by atoms with Gasteiger partial charge in [-0.1, -0.05) is 36.4 Å². The van der Waals surface area contributed by atoms with Crippen LogP contribution in [-0.2, 0) is 22.7 Å². The molecule has 1 aromatic carbocycles. The fraction of sp³-hybridized carbons (Fsp3) is 0.565. The van der Waals surface area contributed by atoms with Crippen molar-refractivity contribution in [2.24, 2.45) is 0 Å². The molecule has 3 rings (SSSR count). The monoisotopic (exact) mass is 458 g/mol. The topological polar surface area (TPSA) is 83.4 Å². The van der Waals surface area contributed by atoms with Gasteiger partial charge in [0.25, 0.3) is 0 Å². The number of hydrogen-bond donors (Lipinski definition) is 1. The molecular weight excluding hydrogens is 424 g/mol. The van der Waals surface area contributed by atoms with Gasteiger partial charge in [-0.3, -0.25) is 9.59 Å². The molecule has 0 spiro atoms. The third-order valence-corrected chi connectivity index (χ3v) is 6.60. The minimum atomic E-state index is -0.00716. The van der Waals surface area contributed by atoms with Crippen LogP contribution in [0.2, 0.25) is 0 Å². The van der Waals surface area contributed by atoms with E-state index in [1.165, 1.54) is 17.4 Å². The number of rotatable bonds is 11. The first kappa shape index (κ1) is 24.1. The lowest BCUT2D eigenvalue weighted by Gasteiger charge is -2.20. The molecule has 0 bridgehead atoms. The summed E-state index contributed by atoms with van der Waals surface area (Å²) in [5, 5.41) is 12.3. The summed E-state index contributed by atoms with van der Waals surface area (Å²) < 4.78 is 2.00. The highest BCUT2D eigenvalue weighted by atomic mass is 32.2. The van der Waals surface area contributed by atoms with Gasteiger partial charge in [0.05, 0.1) is 12.3 Å². The van der Waals surface area contributed by atoms with Gasteiger partial charge in [-0.2, -0.15) is 0 Å². The number of carbonyl (C=O) groups excluding carboxylic acids is 2. The van der Waals surface area contributed by atoms with Gasteiger partial charge >= 0.3 is 0 Å². The molecule has 1 aromatic heterocycles. The summed E-state index contributed by atoms with van der Waals surface area (Å²) in [4.78, 5) is 28.6. The summed E-state index contributed by atoms with van der Waals surface area (Å²) in [6, 6.07) is 10.2. The number of anilines is 1. The highest BCUT2D eigenvalue weighted by Gasteiger charge is 2.21. The lowest BCUT2D eigenvalue weighted by atomic mass is 10.2. The lowest BCUT2D eigenvalue weighted by Crippen LogP contribution is -2.31. The van der Waals surface area contributed by atoms with Gasteiger partial charge in [-0.15, -0.1) is 10.2 Å². The number of carbonyl (C=O) groups is 2. The van der Waals surface area contributed by atoms with Crippen LogP contribution in [-0.4, -0.2) is 63.9 Å². The van der Waals surface area contributed by atoms with E-state index in [1.54, 1.807) is 0 Å². The predicted molar refractivity (Wildman–Crippen MR) is 128 cm³/mol. The smallest absolute Gasteiger partial charge is 0.230 e. The van der Waals surface area contributed by atoms with Crippen molar-refractivity contribution >= 4 is 29.3 Å². The van der Waals surface area contributed by atoms with E-state index >= 15 is 0 Å². The Hall–Kier alpha value is -2.55. The van der Waals surface area contributed by atoms with Crippen LogP contribution >= 0.6 is 11.8 Å². The Morgan fingerprint density at radius 1 is 1.19 bits per heavy atom. The number of likely N-dealkylation sites (tertiary alicyclic amines) is 1. The van der Waals surface area contributed by atoms with Crippen molar-refractivity contribution in [1.29, 1.82) is 0 Å². The molecule has 2 amide bonds. The van der Waals surface area contributed by atoms with Gasteiger partial charge in [0, 0.05) is 45.3 Å². The van der Waals surface area contributed by atoms with Gasteiger partial charge in [0.15, 0.2) is 11.0 Å². The molecule has 0 saturated carbocycles. The second-order valence-corrected chi connectivity index (χ2v) is 8.96. The molecule has 1 aliphatic heterocycles. The quantitative estimate of drug-likeness (QED) is 0.412. The average Bonchev–Trinajstić information content (AvgIpc) is 3.09. The first-order valence-corrected chi connectivity index (χ1v) is 12.4. The molecule has 2 aromatic rings. The number of nitrogens with one attached hydrogen (secondary N) is 1. The van der Waals surface area contributed by atoms with Crippen molar-refractivity contribution in [2.75, 3.05) is 37.3 Å². The molecule has 32 heavy (non-hydrogen) atoms. The molecule has 0 unspecified atom stereocenters. The summed E-state index contributed by atoms with van der Waals surface area (Å²) >= 11 is 1.39. The van der Waals surface area contributed by atoms with E-state index in [-0.39, 0.29) is 11.8 Å². The molecule has 2 heterocycles. The van der Waals surface area contributed by atoms with Crippen molar-refractivity contribution in [3.05, 3.63) is 36.2 Å². The van der Waals surface area contributed by atoms with Crippen molar-refractivity contribution in [3.63, 3.8) is 0 Å². The number of benzene rings is 1. The number of para-hydroxylation sites is 1. The van der Waals surface area contributed by atoms with E-state index in [9.17, 15) is 9.59 Å². The summed E-state index contributed by atoms with van der Waals surface area (Å²) in [5.41, 5.74) is 1.17. The van der Waals surface area contributed by atoms with Crippen molar-refractivity contribution < 1.29 is 9.59 Å². The SMILES string of the molecule is CCn1c(CN2CCCCCC2=O)nnc1SCC(=O)NCCCN(C)c1ccccc1. The molecular formula is C23H34N6O2S. The molecule has 0 atom stereocenters. The van der Waals surface area contributed by atoms with E-state index in [1.807, 2.05) is 34.6 Å². The number of hydrogen-bond acceptors (Lipinski definition) is 6. The molecule has 1 fully saturated rings. The van der Waals surface area contributed by atoms with Crippen molar-refractivity contribution in [3.8, 4) is 0 Å². The van der Waals surface area contributed by atoms with Gasteiger partial charge in [-0.05, 0) is 38.3 Å². The van der Waals surface area contributed by atoms with Gasteiger partial charge < -0.3 is 19.7 Å². The fourth-order valence-electron chi connectivity index (χ4n) is 3.77. The fourth-order valence-corrected chi connectivity index (χ4v) is 4.62. The number of thioether (sulfide) groups is 1.